The first-order chi connectivity index (χ1) is 9.55. The number of rotatable bonds is 4. The van der Waals surface area contributed by atoms with Crippen molar-refractivity contribution in [2.24, 2.45) is 0 Å². The molecule has 0 saturated carbocycles. The Hall–Kier alpha value is -0.590. The van der Waals surface area contributed by atoms with Crippen molar-refractivity contribution in [3.63, 3.8) is 0 Å². The smallest absolute Gasteiger partial charge is 0.143 e. The molecule has 3 nitrogen and oxygen atoms in total. The zero-order valence-corrected chi connectivity index (χ0v) is 14.8. The predicted molar refractivity (Wildman–Crippen MR) is 92.9 cm³/mol. The van der Waals surface area contributed by atoms with E-state index < -0.39 is 0 Å². The Bertz CT molecular complexity index is 607. The van der Waals surface area contributed by atoms with Crippen molar-refractivity contribution in [2.45, 2.75) is 19.8 Å². The van der Waals surface area contributed by atoms with Crippen molar-refractivity contribution < 1.29 is 0 Å². The minimum atomic E-state index is 0.555. The van der Waals surface area contributed by atoms with Gasteiger partial charge in [-0.2, -0.15) is 0 Å². The Labute approximate surface area is 142 Å². The quantitative estimate of drug-likeness (QED) is 0.734. The molecular formula is C14H14Cl2IN3. The lowest BCUT2D eigenvalue weighted by atomic mass is 10.1. The van der Waals surface area contributed by atoms with E-state index in [0.29, 0.717) is 16.5 Å². The van der Waals surface area contributed by atoms with Crippen molar-refractivity contribution in [2.75, 3.05) is 12.4 Å². The summed E-state index contributed by atoms with van der Waals surface area (Å²) in [5.74, 6) is 1.65. The highest BCUT2D eigenvalue weighted by atomic mass is 127. The lowest BCUT2D eigenvalue weighted by Crippen LogP contribution is -2.07. The van der Waals surface area contributed by atoms with E-state index in [1.807, 2.05) is 19.2 Å². The number of aryl methyl sites for hydroxylation is 1. The molecule has 0 saturated heterocycles. The lowest BCUT2D eigenvalue weighted by Gasteiger charge is -2.10. The maximum atomic E-state index is 6.04. The molecule has 2 aromatic rings. The summed E-state index contributed by atoms with van der Waals surface area (Å²) in [6.07, 6.45) is 1.51. The SMILES string of the molecule is CCc1nc(Cc2ccc(Cl)c(Cl)c2)nc(NC)c1I. The molecule has 0 bridgehead atoms. The number of anilines is 1. The third kappa shape index (κ3) is 3.54. The molecule has 6 heteroatoms. The van der Waals surface area contributed by atoms with Gasteiger partial charge in [0.1, 0.15) is 11.6 Å². The minimum absolute atomic E-state index is 0.555. The molecule has 0 fully saturated rings. The number of aromatic nitrogens is 2. The van der Waals surface area contributed by atoms with E-state index in [1.54, 1.807) is 6.07 Å². The monoisotopic (exact) mass is 421 g/mol. The molecule has 20 heavy (non-hydrogen) atoms. The predicted octanol–water partition coefficient (Wildman–Crippen LogP) is 4.58. The second-order valence-electron chi connectivity index (χ2n) is 4.28. The fourth-order valence-corrected chi connectivity index (χ4v) is 3.07. The highest BCUT2D eigenvalue weighted by Crippen LogP contribution is 2.24. The van der Waals surface area contributed by atoms with Gasteiger partial charge in [-0.1, -0.05) is 36.2 Å². The molecule has 2 rings (SSSR count). The van der Waals surface area contributed by atoms with Gasteiger partial charge in [0.2, 0.25) is 0 Å². The summed E-state index contributed by atoms with van der Waals surface area (Å²) in [7, 11) is 1.87. The molecule has 0 spiro atoms. The molecule has 1 heterocycles. The van der Waals surface area contributed by atoms with Gasteiger partial charge >= 0.3 is 0 Å². The Balaban J connectivity index is 2.35. The fourth-order valence-electron chi connectivity index (χ4n) is 1.86. The van der Waals surface area contributed by atoms with Gasteiger partial charge < -0.3 is 5.32 Å². The maximum Gasteiger partial charge on any atom is 0.143 e. The van der Waals surface area contributed by atoms with E-state index in [1.165, 1.54) is 0 Å². The minimum Gasteiger partial charge on any atom is -0.372 e. The maximum absolute atomic E-state index is 6.04. The fraction of sp³-hybridized carbons (Fsp3) is 0.286. The summed E-state index contributed by atoms with van der Waals surface area (Å²) in [6.45, 7) is 2.09. The zero-order chi connectivity index (χ0) is 14.7. The summed E-state index contributed by atoms with van der Waals surface area (Å²) in [5, 5.41) is 4.23. The van der Waals surface area contributed by atoms with Crippen LogP contribution < -0.4 is 5.32 Å². The molecule has 1 aromatic carbocycles. The lowest BCUT2D eigenvalue weighted by molar-refractivity contribution is 0.897. The van der Waals surface area contributed by atoms with Crippen LogP contribution >= 0.6 is 45.8 Å². The average Bonchev–Trinajstić information content (AvgIpc) is 2.44. The van der Waals surface area contributed by atoms with Crippen molar-refractivity contribution in [3.05, 3.63) is 48.9 Å². The third-order valence-corrected chi connectivity index (χ3v) is 4.76. The van der Waals surface area contributed by atoms with Gasteiger partial charge in [-0.3, -0.25) is 0 Å². The van der Waals surface area contributed by atoms with E-state index in [0.717, 1.165) is 32.9 Å². The number of nitrogens with one attached hydrogen (secondary N) is 1. The number of hydrogen-bond acceptors (Lipinski definition) is 3. The number of halogens is 3. The number of benzene rings is 1. The van der Waals surface area contributed by atoms with Crippen LogP contribution in [0.25, 0.3) is 0 Å². The summed E-state index contributed by atoms with van der Waals surface area (Å²) in [5.41, 5.74) is 2.10. The number of hydrogen-bond donors (Lipinski definition) is 1. The first-order valence-electron chi connectivity index (χ1n) is 6.22. The first-order valence-corrected chi connectivity index (χ1v) is 8.05. The van der Waals surface area contributed by atoms with E-state index >= 15 is 0 Å². The summed E-state index contributed by atoms with van der Waals surface area (Å²) in [4.78, 5) is 9.15. The van der Waals surface area contributed by atoms with Gasteiger partial charge in [0.15, 0.2) is 0 Å². The molecule has 0 unspecified atom stereocenters. The summed E-state index contributed by atoms with van der Waals surface area (Å²) < 4.78 is 1.07. The largest absolute Gasteiger partial charge is 0.372 e. The normalized spacial score (nSPS) is 10.7. The van der Waals surface area contributed by atoms with Crippen LogP contribution in [0.1, 0.15) is 24.0 Å². The van der Waals surface area contributed by atoms with Crippen LogP contribution in [0.5, 0.6) is 0 Å². The highest BCUT2D eigenvalue weighted by Gasteiger charge is 2.11. The van der Waals surface area contributed by atoms with Crippen molar-refractivity contribution >= 4 is 51.6 Å². The van der Waals surface area contributed by atoms with Crippen LogP contribution in [0, 0.1) is 3.57 Å². The Morgan fingerprint density at radius 1 is 1.20 bits per heavy atom. The molecular weight excluding hydrogens is 408 g/mol. The third-order valence-electron chi connectivity index (χ3n) is 2.88. The van der Waals surface area contributed by atoms with E-state index in [2.05, 4.69) is 44.8 Å². The van der Waals surface area contributed by atoms with E-state index in [4.69, 9.17) is 23.2 Å². The van der Waals surface area contributed by atoms with Gasteiger partial charge in [0.05, 0.1) is 19.3 Å². The Morgan fingerprint density at radius 3 is 2.55 bits per heavy atom. The van der Waals surface area contributed by atoms with Crippen LogP contribution in [0.15, 0.2) is 18.2 Å². The van der Waals surface area contributed by atoms with Crippen LogP contribution in [-0.4, -0.2) is 17.0 Å². The molecule has 0 radical (unpaired) electrons. The van der Waals surface area contributed by atoms with Crippen LogP contribution in [-0.2, 0) is 12.8 Å². The topological polar surface area (TPSA) is 37.8 Å². The summed E-state index contributed by atoms with van der Waals surface area (Å²) >= 11 is 14.2. The van der Waals surface area contributed by atoms with Gasteiger partial charge in [-0.25, -0.2) is 9.97 Å². The van der Waals surface area contributed by atoms with Gasteiger partial charge in [-0.15, -0.1) is 0 Å². The van der Waals surface area contributed by atoms with Gasteiger partial charge in [0.25, 0.3) is 0 Å². The molecule has 0 aliphatic rings. The Morgan fingerprint density at radius 2 is 1.95 bits per heavy atom. The van der Waals surface area contributed by atoms with E-state index in [-0.39, 0.29) is 0 Å². The van der Waals surface area contributed by atoms with Crippen LogP contribution in [0.4, 0.5) is 5.82 Å². The van der Waals surface area contributed by atoms with Gasteiger partial charge in [-0.05, 0) is 46.7 Å². The molecule has 0 aliphatic heterocycles. The molecule has 1 N–H and O–H groups in total. The molecule has 0 aliphatic carbocycles. The second kappa shape index (κ2) is 6.91. The first kappa shape index (κ1) is 15.8. The zero-order valence-electron chi connectivity index (χ0n) is 11.2. The second-order valence-corrected chi connectivity index (χ2v) is 6.17. The van der Waals surface area contributed by atoms with Crippen molar-refractivity contribution in [1.82, 2.24) is 9.97 Å². The van der Waals surface area contributed by atoms with Crippen LogP contribution in [0.2, 0.25) is 10.0 Å². The summed E-state index contributed by atoms with van der Waals surface area (Å²) in [6, 6.07) is 5.60. The molecule has 0 amide bonds. The van der Waals surface area contributed by atoms with Crippen LogP contribution in [0.3, 0.4) is 0 Å². The van der Waals surface area contributed by atoms with Gasteiger partial charge in [0, 0.05) is 13.5 Å². The number of nitrogens with zero attached hydrogens (tertiary/aromatic N) is 2. The Kier molecular flexibility index (Phi) is 5.46. The van der Waals surface area contributed by atoms with E-state index in [9.17, 15) is 0 Å². The molecule has 1 aromatic heterocycles. The van der Waals surface area contributed by atoms with Crippen molar-refractivity contribution in [3.8, 4) is 0 Å². The molecule has 106 valence electrons. The average molecular weight is 422 g/mol. The standard InChI is InChI=1S/C14H14Cl2IN3/c1-3-11-13(17)14(18-2)20-12(19-11)7-8-4-5-9(15)10(16)6-8/h4-6H,3,7H2,1-2H3,(H,18,19,20). The molecule has 0 atom stereocenters. The highest BCUT2D eigenvalue weighted by molar-refractivity contribution is 14.1. The van der Waals surface area contributed by atoms with Crippen molar-refractivity contribution in [1.29, 1.82) is 0 Å².